The molecule has 1 aromatic heterocycles. The van der Waals surface area contributed by atoms with Crippen molar-refractivity contribution in [1.29, 1.82) is 0 Å². The van der Waals surface area contributed by atoms with E-state index in [-0.39, 0.29) is 6.04 Å². The second kappa shape index (κ2) is 3.39. The van der Waals surface area contributed by atoms with Crippen LogP contribution in [-0.2, 0) is 0 Å². The van der Waals surface area contributed by atoms with Crippen molar-refractivity contribution in [2.24, 2.45) is 11.7 Å². The van der Waals surface area contributed by atoms with Gasteiger partial charge >= 0.3 is 0 Å². The van der Waals surface area contributed by atoms with E-state index in [1.54, 1.807) is 0 Å². The topological polar surface area (TPSA) is 38.9 Å². The summed E-state index contributed by atoms with van der Waals surface area (Å²) in [5.74, 6) is 0.674. The minimum atomic E-state index is 0.145. The Hall–Kier alpha value is -0.410. The normalized spacial score (nSPS) is 18.7. The molecule has 1 aromatic rings. The molecule has 0 unspecified atom stereocenters. The first-order chi connectivity index (χ1) is 6.18. The van der Waals surface area contributed by atoms with Crippen LogP contribution in [0.25, 0.3) is 0 Å². The Labute approximate surface area is 86.7 Å². The molecule has 0 aliphatic heterocycles. The van der Waals surface area contributed by atoms with Gasteiger partial charge in [0.1, 0.15) is 0 Å². The van der Waals surface area contributed by atoms with Crippen molar-refractivity contribution in [3.63, 3.8) is 0 Å². The van der Waals surface area contributed by atoms with E-state index in [0.717, 1.165) is 15.9 Å². The molecule has 13 heavy (non-hydrogen) atoms. The second-order valence-corrected chi connectivity index (χ2v) is 4.52. The quantitative estimate of drug-likeness (QED) is 0.864. The molecule has 1 atom stereocenters. The Kier molecular flexibility index (Phi) is 2.39. The summed E-state index contributed by atoms with van der Waals surface area (Å²) in [7, 11) is 0. The first-order valence-corrected chi connectivity index (χ1v) is 5.36. The molecule has 2 nitrogen and oxygen atoms in total. The number of aromatic nitrogens is 1. The van der Waals surface area contributed by atoms with Gasteiger partial charge in [-0.25, -0.2) is 0 Å². The molecule has 70 valence electrons. The number of halogens is 1. The third-order valence-corrected chi connectivity index (χ3v) is 3.35. The molecule has 1 heterocycles. The Morgan fingerprint density at radius 3 is 2.77 bits per heavy atom. The number of aryl methyl sites for hydroxylation is 1. The number of nitrogens with zero attached hydrogens (tertiary/aromatic N) is 1. The van der Waals surface area contributed by atoms with Crippen LogP contribution in [0.3, 0.4) is 0 Å². The maximum atomic E-state index is 6.04. The number of hydrogen-bond acceptors (Lipinski definition) is 2. The van der Waals surface area contributed by atoms with Gasteiger partial charge in [0.15, 0.2) is 0 Å². The van der Waals surface area contributed by atoms with Crippen molar-refractivity contribution in [3.05, 3.63) is 28.0 Å². The van der Waals surface area contributed by atoms with Gasteiger partial charge < -0.3 is 5.73 Å². The zero-order valence-electron chi connectivity index (χ0n) is 7.63. The van der Waals surface area contributed by atoms with Crippen LogP contribution < -0.4 is 5.73 Å². The Balaban J connectivity index is 2.24. The van der Waals surface area contributed by atoms with Crippen LogP contribution in [-0.4, -0.2) is 4.98 Å². The minimum absolute atomic E-state index is 0.145. The maximum absolute atomic E-state index is 6.04. The molecule has 0 spiro atoms. The van der Waals surface area contributed by atoms with Gasteiger partial charge in [-0.3, -0.25) is 4.98 Å². The van der Waals surface area contributed by atoms with Crippen LogP contribution in [0.5, 0.6) is 0 Å². The smallest absolute Gasteiger partial charge is 0.0577 e. The summed E-state index contributed by atoms with van der Waals surface area (Å²) in [6.07, 6.45) is 2.52. The average molecular weight is 241 g/mol. The Morgan fingerprint density at radius 2 is 2.23 bits per heavy atom. The second-order valence-electron chi connectivity index (χ2n) is 3.67. The van der Waals surface area contributed by atoms with Gasteiger partial charge in [0, 0.05) is 10.5 Å². The molecule has 2 rings (SSSR count). The highest BCUT2D eigenvalue weighted by atomic mass is 79.9. The molecule has 0 bridgehead atoms. The highest BCUT2D eigenvalue weighted by Gasteiger charge is 2.30. The minimum Gasteiger partial charge on any atom is -0.322 e. The first kappa shape index (κ1) is 9.16. The summed E-state index contributed by atoms with van der Waals surface area (Å²) >= 11 is 3.43. The highest BCUT2D eigenvalue weighted by molar-refractivity contribution is 9.10. The van der Waals surface area contributed by atoms with Crippen LogP contribution in [0.4, 0.5) is 0 Å². The molecule has 1 aliphatic rings. The number of hydrogen-bond donors (Lipinski definition) is 1. The van der Waals surface area contributed by atoms with E-state index in [1.165, 1.54) is 12.8 Å². The zero-order chi connectivity index (χ0) is 9.42. The van der Waals surface area contributed by atoms with E-state index in [1.807, 2.05) is 19.1 Å². The standard InChI is InChI=1S/C10H13BrN2/c1-6-8(11)4-5-9(13-6)10(12)7-2-3-7/h4-5,7,10H,2-3,12H2,1H3/t10-/m0/s1. The van der Waals surface area contributed by atoms with Gasteiger partial charge in [0.05, 0.1) is 11.4 Å². The molecule has 0 saturated heterocycles. The summed E-state index contributed by atoms with van der Waals surface area (Å²) < 4.78 is 1.05. The predicted octanol–water partition coefficient (Wildman–Crippen LogP) is 2.56. The lowest BCUT2D eigenvalue weighted by Gasteiger charge is -2.10. The molecule has 1 saturated carbocycles. The molecular formula is C10H13BrN2. The monoisotopic (exact) mass is 240 g/mol. The van der Waals surface area contributed by atoms with Gasteiger partial charge in [-0.05, 0) is 53.7 Å². The lowest BCUT2D eigenvalue weighted by molar-refractivity contribution is 0.612. The van der Waals surface area contributed by atoms with Gasteiger partial charge in [0.2, 0.25) is 0 Å². The van der Waals surface area contributed by atoms with Gasteiger partial charge in [-0.1, -0.05) is 0 Å². The number of rotatable bonds is 2. The molecule has 1 fully saturated rings. The zero-order valence-corrected chi connectivity index (χ0v) is 9.21. The van der Waals surface area contributed by atoms with Crippen molar-refractivity contribution in [3.8, 4) is 0 Å². The third-order valence-electron chi connectivity index (χ3n) is 2.51. The SMILES string of the molecule is Cc1nc([C@@H](N)C2CC2)ccc1Br. The van der Waals surface area contributed by atoms with Crippen molar-refractivity contribution >= 4 is 15.9 Å². The summed E-state index contributed by atoms with van der Waals surface area (Å²) in [5.41, 5.74) is 8.09. The maximum Gasteiger partial charge on any atom is 0.0577 e. The lowest BCUT2D eigenvalue weighted by atomic mass is 10.1. The van der Waals surface area contributed by atoms with Crippen molar-refractivity contribution in [2.45, 2.75) is 25.8 Å². The van der Waals surface area contributed by atoms with E-state index in [2.05, 4.69) is 20.9 Å². The molecule has 1 aliphatic carbocycles. The molecule has 0 radical (unpaired) electrons. The first-order valence-electron chi connectivity index (χ1n) is 4.57. The molecule has 2 N–H and O–H groups in total. The van der Waals surface area contributed by atoms with Crippen molar-refractivity contribution in [2.75, 3.05) is 0 Å². The molecule has 0 amide bonds. The number of nitrogens with two attached hydrogens (primary N) is 1. The van der Waals surface area contributed by atoms with E-state index in [9.17, 15) is 0 Å². The van der Waals surface area contributed by atoms with Crippen molar-refractivity contribution in [1.82, 2.24) is 4.98 Å². The Bertz CT molecular complexity index is 321. The van der Waals surface area contributed by atoms with Crippen LogP contribution >= 0.6 is 15.9 Å². The average Bonchev–Trinajstić information content (AvgIpc) is 2.91. The fourth-order valence-corrected chi connectivity index (χ4v) is 1.67. The fraction of sp³-hybridized carbons (Fsp3) is 0.500. The summed E-state index contributed by atoms with van der Waals surface area (Å²) in [6, 6.07) is 4.19. The van der Waals surface area contributed by atoms with E-state index >= 15 is 0 Å². The number of pyridine rings is 1. The van der Waals surface area contributed by atoms with Gasteiger partial charge in [0.25, 0.3) is 0 Å². The lowest BCUT2D eigenvalue weighted by Crippen LogP contribution is -2.14. The third kappa shape index (κ3) is 1.92. The van der Waals surface area contributed by atoms with Crippen LogP contribution in [0.1, 0.15) is 30.3 Å². The predicted molar refractivity (Wildman–Crippen MR) is 56.3 cm³/mol. The van der Waals surface area contributed by atoms with E-state index in [4.69, 9.17) is 5.73 Å². The van der Waals surface area contributed by atoms with Crippen molar-refractivity contribution < 1.29 is 0 Å². The summed E-state index contributed by atoms with van der Waals surface area (Å²) in [4.78, 5) is 4.46. The van der Waals surface area contributed by atoms with E-state index in [0.29, 0.717) is 5.92 Å². The van der Waals surface area contributed by atoms with Crippen LogP contribution in [0.15, 0.2) is 16.6 Å². The Morgan fingerprint density at radius 1 is 1.54 bits per heavy atom. The van der Waals surface area contributed by atoms with Gasteiger partial charge in [-0.2, -0.15) is 0 Å². The molecular weight excluding hydrogens is 228 g/mol. The highest BCUT2D eigenvalue weighted by Crippen LogP contribution is 2.39. The van der Waals surface area contributed by atoms with E-state index < -0.39 is 0 Å². The van der Waals surface area contributed by atoms with Gasteiger partial charge in [-0.15, -0.1) is 0 Å². The molecule has 3 heteroatoms. The fourth-order valence-electron chi connectivity index (χ4n) is 1.45. The molecule has 0 aromatic carbocycles. The van der Waals surface area contributed by atoms with Crippen LogP contribution in [0.2, 0.25) is 0 Å². The summed E-state index contributed by atoms with van der Waals surface area (Å²) in [6.45, 7) is 1.99. The largest absolute Gasteiger partial charge is 0.322 e. The van der Waals surface area contributed by atoms with Crippen LogP contribution in [0, 0.1) is 12.8 Å². The summed E-state index contributed by atoms with van der Waals surface area (Å²) in [5, 5.41) is 0.